The molecule has 6 nitrogen and oxygen atoms in total. The van der Waals surface area contributed by atoms with Gasteiger partial charge in [-0.15, -0.1) is 0 Å². The number of halogens is 3. The van der Waals surface area contributed by atoms with Crippen LogP contribution in [0.3, 0.4) is 0 Å². The molecular weight excluding hydrogens is 416 g/mol. The average Bonchev–Trinajstić information content (AvgIpc) is 3.32. The van der Waals surface area contributed by atoms with Crippen LogP contribution >= 0.6 is 23.2 Å². The van der Waals surface area contributed by atoms with Crippen LogP contribution in [0.15, 0.2) is 35.1 Å². The van der Waals surface area contributed by atoms with Crippen molar-refractivity contribution >= 4 is 50.8 Å². The van der Waals surface area contributed by atoms with Crippen molar-refractivity contribution < 1.29 is 4.39 Å². The molecule has 9 heteroatoms. The van der Waals surface area contributed by atoms with E-state index in [0.717, 1.165) is 24.9 Å². The number of aromatic nitrogens is 3. The lowest BCUT2D eigenvalue weighted by Gasteiger charge is -2.18. The number of nitrogens with zero attached hydrogens (tertiary/aromatic N) is 1. The summed E-state index contributed by atoms with van der Waals surface area (Å²) in [6, 6.07) is 8.18. The zero-order valence-electron chi connectivity index (χ0n) is 15.1. The Hall–Kier alpha value is -2.61. The first-order valence-corrected chi connectivity index (χ1v) is 9.93. The largest absolute Gasteiger partial charge is 0.380 e. The number of aromatic amines is 2. The van der Waals surface area contributed by atoms with Crippen molar-refractivity contribution in [2.45, 2.75) is 12.5 Å². The van der Waals surface area contributed by atoms with Gasteiger partial charge in [-0.05, 0) is 37.2 Å². The van der Waals surface area contributed by atoms with Crippen LogP contribution in [0.25, 0.3) is 33.3 Å². The van der Waals surface area contributed by atoms with Crippen molar-refractivity contribution in [3.8, 4) is 11.4 Å². The van der Waals surface area contributed by atoms with Crippen LogP contribution in [-0.2, 0) is 0 Å². The Morgan fingerprint density at radius 1 is 1.14 bits per heavy atom. The third-order valence-electron chi connectivity index (χ3n) is 5.15. The van der Waals surface area contributed by atoms with E-state index in [1.165, 1.54) is 12.1 Å². The number of rotatable bonds is 3. The molecule has 0 saturated carbocycles. The molecule has 2 aromatic heterocycles. The highest BCUT2D eigenvalue weighted by molar-refractivity contribution is 6.31. The lowest BCUT2D eigenvalue weighted by Crippen LogP contribution is -2.24. The number of nitrogens with one attached hydrogen (secondary N) is 4. The standard InChI is InChI=1S/C20H16Cl2FN5O/c21-9-1-2-14-11(5-9)18(25-10-3-4-24-8-10)17(20(29)28-14)19-26-15-6-12(22)13(23)7-16(15)27-19/h1-2,5-7,10,24H,3-4,8H2,(H,26,27)(H2,25,28,29). The highest BCUT2D eigenvalue weighted by Crippen LogP contribution is 2.33. The topological polar surface area (TPSA) is 85.6 Å². The Balaban J connectivity index is 1.77. The van der Waals surface area contributed by atoms with Gasteiger partial charge in [0.05, 0.1) is 27.3 Å². The van der Waals surface area contributed by atoms with Crippen LogP contribution in [0.1, 0.15) is 6.42 Å². The number of pyridine rings is 1. The predicted molar refractivity (Wildman–Crippen MR) is 115 cm³/mol. The first-order chi connectivity index (χ1) is 14.0. The molecule has 1 fully saturated rings. The summed E-state index contributed by atoms with van der Waals surface area (Å²) in [5.41, 5.74) is 2.29. The Morgan fingerprint density at radius 3 is 2.79 bits per heavy atom. The number of hydrogen-bond donors (Lipinski definition) is 4. The van der Waals surface area contributed by atoms with Crippen LogP contribution < -0.4 is 16.2 Å². The van der Waals surface area contributed by atoms with Crippen molar-refractivity contribution in [3.05, 3.63) is 56.5 Å². The zero-order valence-corrected chi connectivity index (χ0v) is 16.6. The quantitative estimate of drug-likeness (QED) is 0.389. The van der Waals surface area contributed by atoms with E-state index in [9.17, 15) is 9.18 Å². The van der Waals surface area contributed by atoms with Crippen LogP contribution in [0, 0.1) is 5.82 Å². The number of anilines is 1. The van der Waals surface area contributed by atoms with Gasteiger partial charge >= 0.3 is 0 Å². The molecule has 1 aliphatic heterocycles. The average molecular weight is 432 g/mol. The molecule has 29 heavy (non-hydrogen) atoms. The molecule has 4 N–H and O–H groups in total. The number of H-pyrrole nitrogens is 2. The summed E-state index contributed by atoms with van der Waals surface area (Å²) in [4.78, 5) is 23.4. The third kappa shape index (κ3) is 3.25. The van der Waals surface area contributed by atoms with Crippen molar-refractivity contribution in [1.29, 1.82) is 0 Å². The molecule has 5 rings (SSSR count). The second-order valence-corrected chi connectivity index (χ2v) is 7.94. The molecule has 0 spiro atoms. The minimum absolute atomic E-state index is 0.0230. The van der Waals surface area contributed by atoms with E-state index in [0.29, 0.717) is 38.6 Å². The van der Waals surface area contributed by atoms with Gasteiger partial charge in [0, 0.05) is 29.1 Å². The van der Waals surface area contributed by atoms with Gasteiger partial charge in [-0.1, -0.05) is 23.2 Å². The SMILES string of the molecule is O=c1[nH]c2ccc(Cl)cc2c(NC2CCNC2)c1-c1nc2cc(Cl)c(F)cc2[nH]1. The molecule has 4 aromatic rings. The smallest absolute Gasteiger partial charge is 0.261 e. The lowest BCUT2D eigenvalue weighted by atomic mass is 10.1. The molecule has 1 unspecified atom stereocenters. The van der Waals surface area contributed by atoms with Gasteiger partial charge in [-0.2, -0.15) is 0 Å². The van der Waals surface area contributed by atoms with Crippen LogP contribution in [0.4, 0.5) is 10.1 Å². The van der Waals surface area contributed by atoms with Gasteiger partial charge in [-0.25, -0.2) is 9.37 Å². The number of hydrogen-bond acceptors (Lipinski definition) is 4. The summed E-state index contributed by atoms with van der Waals surface area (Å²) in [7, 11) is 0. The Morgan fingerprint density at radius 2 is 2.00 bits per heavy atom. The van der Waals surface area contributed by atoms with Crippen LogP contribution in [0.2, 0.25) is 10.0 Å². The van der Waals surface area contributed by atoms with Gasteiger partial charge < -0.3 is 20.6 Å². The van der Waals surface area contributed by atoms with E-state index in [-0.39, 0.29) is 16.6 Å². The lowest BCUT2D eigenvalue weighted by molar-refractivity contribution is 0.630. The summed E-state index contributed by atoms with van der Waals surface area (Å²) >= 11 is 12.1. The molecule has 148 valence electrons. The monoisotopic (exact) mass is 431 g/mol. The third-order valence-corrected chi connectivity index (χ3v) is 5.67. The predicted octanol–water partition coefficient (Wildman–Crippen LogP) is 4.29. The van der Waals surface area contributed by atoms with E-state index in [4.69, 9.17) is 23.2 Å². The minimum Gasteiger partial charge on any atom is -0.380 e. The second-order valence-electron chi connectivity index (χ2n) is 7.10. The van der Waals surface area contributed by atoms with Gasteiger partial charge in [0.2, 0.25) is 0 Å². The molecule has 1 saturated heterocycles. The summed E-state index contributed by atoms with van der Waals surface area (Å²) in [5.74, 6) is -0.220. The first-order valence-electron chi connectivity index (χ1n) is 9.17. The summed E-state index contributed by atoms with van der Waals surface area (Å²) in [6.45, 7) is 1.69. The van der Waals surface area contributed by atoms with E-state index < -0.39 is 5.82 Å². The van der Waals surface area contributed by atoms with Crippen molar-refractivity contribution in [3.63, 3.8) is 0 Å². The highest BCUT2D eigenvalue weighted by atomic mass is 35.5. The zero-order chi connectivity index (χ0) is 20.1. The molecule has 3 heterocycles. The number of imidazole rings is 1. The summed E-state index contributed by atoms with van der Waals surface area (Å²) in [5, 5.41) is 8.11. The van der Waals surface area contributed by atoms with Gasteiger partial charge in [-0.3, -0.25) is 4.79 Å². The van der Waals surface area contributed by atoms with E-state index >= 15 is 0 Å². The van der Waals surface area contributed by atoms with Gasteiger partial charge in [0.1, 0.15) is 17.2 Å². The van der Waals surface area contributed by atoms with Crippen LogP contribution in [-0.4, -0.2) is 34.1 Å². The van der Waals surface area contributed by atoms with E-state index in [1.807, 2.05) is 0 Å². The van der Waals surface area contributed by atoms with Crippen molar-refractivity contribution in [2.75, 3.05) is 18.4 Å². The second kappa shape index (κ2) is 7.02. The highest BCUT2D eigenvalue weighted by Gasteiger charge is 2.22. The molecule has 0 bridgehead atoms. The molecule has 0 aliphatic carbocycles. The fraction of sp³-hybridized carbons (Fsp3) is 0.200. The Bertz CT molecular complexity index is 1270. The Kier molecular flexibility index (Phi) is 4.46. The van der Waals surface area contributed by atoms with Gasteiger partial charge in [0.25, 0.3) is 5.56 Å². The minimum atomic E-state index is -0.552. The summed E-state index contributed by atoms with van der Waals surface area (Å²) < 4.78 is 13.9. The normalized spacial score (nSPS) is 16.7. The first kappa shape index (κ1) is 18.4. The maximum Gasteiger partial charge on any atom is 0.261 e. The maximum absolute atomic E-state index is 13.9. The molecule has 0 radical (unpaired) electrons. The maximum atomic E-state index is 13.9. The number of fused-ring (bicyclic) bond motifs is 2. The van der Waals surface area contributed by atoms with E-state index in [2.05, 4.69) is 25.6 Å². The number of benzene rings is 2. The summed E-state index contributed by atoms with van der Waals surface area (Å²) in [6.07, 6.45) is 0.926. The molecular formula is C20H16Cl2FN5O. The van der Waals surface area contributed by atoms with Crippen LogP contribution in [0.5, 0.6) is 0 Å². The van der Waals surface area contributed by atoms with Gasteiger partial charge in [0.15, 0.2) is 0 Å². The van der Waals surface area contributed by atoms with E-state index in [1.54, 1.807) is 18.2 Å². The van der Waals surface area contributed by atoms with Crippen molar-refractivity contribution in [1.82, 2.24) is 20.3 Å². The molecule has 1 aliphatic rings. The molecule has 0 amide bonds. The Labute approximate surface area is 174 Å². The molecule has 1 atom stereocenters. The fourth-order valence-corrected chi connectivity index (χ4v) is 4.08. The molecule has 2 aromatic carbocycles. The van der Waals surface area contributed by atoms with Crippen molar-refractivity contribution in [2.24, 2.45) is 0 Å². The fourth-order valence-electron chi connectivity index (χ4n) is 3.75.